The summed E-state index contributed by atoms with van der Waals surface area (Å²) in [5.74, 6) is -1.89. The number of methoxy groups -OCH3 is 1. The molecular weight excluding hydrogens is 564 g/mol. The van der Waals surface area contributed by atoms with Crippen molar-refractivity contribution in [2.24, 2.45) is 0 Å². The average molecular weight is 597 g/mol. The summed E-state index contributed by atoms with van der Waals surface area (Å²) in [5.41, 5.74) is 1.78. The van der Waals surface area contributed by atoms with Crippen LogP contribution in [-0.2, 0) is 35.0 Å². The molecule has 1 aliphatic rings. The number of esters is 3. The van der Waals surface area contributed by atoms with Gasteiger partial charge >= 0.3 is 17.9 Å². The molecule has 0 unspecified atom stereocenters. The monoisotopic (exact) mass is 596 g/mol. The van der Waals surface area contributed by atoms with Gasteiger partial charge in [0.15, 0.2) is 18.5 Å². The maximum Gasteiger partial charge on any atom is 0.338 e. The number of hydrogen-bond donors (Lipinski definition) is 0. The molecule has 1 heterocycles. The normalized spacial score (nSPS) is 21.2. The quantitative estimate of drug-likeness (QED) is 0.170. The van der Waals surface area contributed by atoms with Gasteiger partial charge in [0.2, 0.25) is 0 Å². The minimum atomic E-state index is -1.17. The van der Waals surface area contributed by atoms with Gasteiger partial charge in [0.05, 0.1) is 23.3 Å². The van der Waals surface area contributed by atoms with E-state index in [-0.39, 0.29) is 13.2 Å². The van der Waals surface area contributed by atoms with Crippen molar-refractivity contribution in [2.45, 2.75) is 37.3 Å². The van der Waals surface area contributed by atoms with Gasteiger partial charge in [0.25, 0.3) is 0 Å². The zero-order chi connectivity index (χ0) is 30.7. The highest BCUT2D eigenvalue weighted by Gasteiger charge is 2.52. The lowest BCUT2D eigenvalue weighted by Crippen LogP contribution is -2.62. The Morgan fingerprint density at radius 2 is 1.05 bits per heavy atom. The molecule has 1 saturated heterocycles. The smallest absolute Gasteiger partial charge is 0.338 e. The predicted molar refractivity (Wildman–Crippen MR) is 159 cm³/mol. The Balaban J connectivity index is 1.47. The zero-order valence-corrected chi connectivity index (χ0v) is 24.0. The van der Waals surface area contributed by atoms with Gasteiger partial charge in [-0.2, -0.15) is 0 Å². The maximum atomic E-state index is 13.4. The Kier molecular flexibility index (Phi) is 10.5. The van der Waals surface area contributed by atoms with E-state index in [4.69, 9.17) is 28.4 Å². The van der Waals surface area contributed by atoms with Crippen molar-refractivity contribution in [2.75, 3.05) is 13.7 Å². The van der Waals surface area contributed by atoms with Gasteiger partial charge in [0.1, 0.15) is 18.8 Å². The fourth-order valence-electron chi connectivity index (χ4n) is 4.77. The van der Waals surface area contributed by atoms with E-state index >= 15 is 0 Å². The summed E-state index contributed by atoms with van der Waals surface area (Å²) in [4.78, 5) is 39.4. The van der Waals surface area contributed by atoms with Gasteiger partial charge in [-0.05, 0) is 42.0 Å². The summed E-state index contributed by atoms with van der Waals surface area (Å²) in [7, 11) is 1.39. The summed E-state index contributed by atoms with van der Waals surface area (Å²) in [6.07, 6.45) is -5.58. The lowest BCUT2D eigenvalue weighted by molar-refractivity contribution is -0.301. The van der Waals surface area contributed by atoms with Gasteiger partial charge in [-0.3, -0.25) is 0 Å². The van der Waals surface area contributed by atoms with E-state index < -0.39 is 48.6 Å². The lowest BCUT2D eigenvalue weighted by atomic mass is 9.97. The third-order valence-corrected chi connectivity index (χ3v) is 7.00. The molecule has 9 heteroatoms. The first-order valence-corrected chi connectivity index (χ1v) is 14.1. The average Bonchev–Trinajstić information content (AvgIpc) is 3.08. The molecule has 0 bridgehead atoms. The minimum absolute atomic E-state index is 0.0945. The van der Waals surface area contributed by atoms with Crippen LogP contribution in [0.1, 0.15) is 36.6 Å². The van der Waals surface area contributed by atoms with Crippen molar-refractivity contribution < 1.29 is 42.8 Å². The second-order valence-corrected chi connectivity index (χ2v) is 9.98. The molecule has 0 amide bonds. The lowest BCUT2D eigenvalue weighted by Gasteiger charge is -2.44. The SMILES string of the molecule is CO[C@@H]1O[C@H](COC(=O)c2ccccc2)[C@H](OC(=O)c2ccccc2)[C@H](OCc2ccccc2)[C@H]1OC(=O)c1ccccc1. The number of carbonyl (C=O) groups excluding carboxylic acids is 3. The summed E-state index contributed by atoms with van der Waals surface area (Å²) in [6, 6.07) is 34.7. The van der Waals surface area contributed by atoms with Gasteiger partial charge in [-0.15, -0.1) is 0 Å². The van der Waals surface area contributed by atoms with Crippen molar-refractivity contribution in [3.63, 3.8) is 0 Å². The van der Waals surface area contributed by atoms with Gasteiger partial charge in [-0.1, -0.05) is 84.9 Å². The number of hydrogen-bond acceptors (Lipinski definition) is 9. The minimum Gasteiger partial charge on any atom is -0.459 e. The van der Waals surface area contributed by atoms with Crippen molar-refractivity contribution in [3.05, 3.63) is 144 Å². The van der Waals surface area contributed by atoms with Crippen LogP contribution in [0.15, 0.2) is 121 Å². The third-order valence-electron chi connectivity index (χ3n) is 7.00. The van der Waals surface area contributed by atoms with Crippen LogP contribution in [-0.4, -0.2) is 62.3 Å². The molecule has 4 aromatic rings. The first-order valence-electron chi connectivity index (χ1n) is 14.1. The molecule has 9 nitrogen and oxygen atoms in total. The Bertz CT molecular complexity index is 1500. The number of ether oxygens (including phenoxy) is 6. The standard InChI is InChI=1S/C35H32O9/c1-39-35-31(44-34(38)27-20-12-5-13-21-27)30(40-22-24-14-6-2-7-15-24)29(43-33(37)26-18-10-4-11-19-26)28(42-35)23-41-32(36)25-16-8-3-9-17-25/h2-21,28-31,35H,22-23H2,1H3/t28-,29+,30+,31-,35-/m1/s1. The van der Waals surface area contributed by atoms with Crippen LogP contribution in [0, 0.1) is 0 Å². The number of carbonyl (C=O) groups is 3. The molecule has 0 aliphatic carbocycles. The molecule has 0 saturated carbocycles. The molecule has 0 radical (unpaired) electrons. The summed E-state index contributed by atoms with van der Waals surface area (Å²) < 4.78 is 35.7. The van der Waals surface area contributed by atoms with E-state index in [1.54, 1.807) is 91.0 Å². The van der Waals surface area contributed by atoms with E-state index in [1.165, 1.54) is 7.11 Å². The molecule has 4 aromatic carbocycles. The fourth-order valence-corrected chi connectivity index (χ4v) is 4.77. The molecule has 0 aromatic heterocycles. The molecule has 1 aliphatic heterocycles. The molecule has 5 rings (SSSR count). The molecule has 44 heavy (non-hydrogen) atoms. The van der Waals surface area contributed by atoms with Crippen LogP contribution in [0.2, 0.25) is 0 Å². The Labute approximate surface area is 255 Å². The van der Waals surface area contributed by atoms with Crippen molar-refractivity contribution in [3.8, 4) is 0 Å². The molecule has 226 valence electrons. The van der Waals surface area contributed by atoms with Crippen molar-refractivity contribution in [1.82, 2.24) is 0 Å². The highest BCUT2D eigenvalue weighted by atomic mass is 16.7. The van der Waals surface area contributed by atoms with Gasteiger partial charge in [0, 0.05) is 7.11 Å². The molecule has 5 atom stereocenters. The summed E-state index contributed by atoms with van der Waals surface area (Å²) >= 11 is 0. The van der Waals surface area contributed by atoms with Crippen LogP contribution in [0.25, 0.3) is 0 Å². The summed E-state index contributed by atoms with van der Waals surface area (Å²) in [5, 5.41) is 0. The first kappa shape index (κ1) is 30.6. The fraction of sp³-hybridized carbons (Fsp3) is 0.229. The van der Waals surface area contributed by atoms with Gasteiger partial charge < -0.3 is 28.4 Å². The van der Waals surface area contributed by atoms with Gasteiger partial charge in [-0.25, -0.2) is 14.4 Å². The maximum absolute atomic E-state index is 13.4. The Morgan fingerprint density at radius 1 is 0.591 bits per heavy atom. The zero-order valence-electron chi connectivity index (χ0n) is 24.0. The van der Waals surface area contributed by atoms with E-state index in [2.05, 4.69) is 0 Å². The number of rotatable bonds is 11. The van der Waals surface area contributed by atoms with Crippen LogP contribution in [0.4, 0.5) is 0 Å². The van der Waals surface area contributed by atoms with E-state index in [9.17, 15) is 14.4 Å². The Hall–Kier alpha value is -4.83. The largest absolute Gasteiger partial charge is 0.459 e. The molecule has 0 spiro atoms. The second-order valence-electron chi connectivity index (χ2n) is 9.98. The molecule has 1 fully saturated rings. The molecule has 0 N–H and O–H groups in total. The highest BCUT2D eigenvalue weighted by molar-refractivity contribution is 5.90. The Morgan fingerprint density at radius 3 is 1.55 bits per heavy atom. The van der Waals surface area contributed by atoms with Crippen LogP contribution in [0.3, 0.4) is 0 Å². The highest BCUT2D eigenvalue weighted by Crippen LogP contribution is 2.31. The second kappa shape index (κ2) is 15.1. The first-order chi connectivity index (χ1) is 21.5. The van der Waals surface area contributed by atoms with E-state index in [0.29, 0.717) is 16.7 Å². The third kappa shape index (κ3) is 7.76. The van der Waals surface area contributed by atoms with E-state index in [1.807, 2.05) is 30.3 Å². The van der Waals surface area contributed by atoms with Crippen LogP contribution < -0.4 is 0 Å². The van der Waals surface area contributed by atoms with Crippen molar-refractivity contribution in [1.29, 1.82) is 0 Å². The van der Waals surface area contributed by atoms with E-state index in [0.717, 1.165) is 5.56 Å². The van der Waals surface area contributed by atoms with Crippen LogP contribution in [0.5, 0.6) is 0 Å². The predicted octanol–water partition coefficient (Wildman–Crippen LogP) is 5.25. The topological polar surface area (TPSA) is 107 Å². The number of benzene rings is 4. The van der Waals surface area contributed by atoms with Crippen LogP contribution >= 0.6 is 0 Å². The molecular formula is C35H32O9. The van der Waals surface area contributed by atoms with Crippen molar-refractivity contribution >= 4 is 17.9 Å². The summed E-state index contributed by atoms with van der Waals surface area (Å²) in [6.45, 7) is -0.206.